The van der Waals surface area contributed by atoms with Gasteiger partial charge < -0.3 is 0 Å². The Balaban J connectivity index is 3.37. The molecule has 31 heavy (non-hydrogen) atoms. The van der Waals surface area contributed by atoms with Gasteiger partial charge in [0.1, 0.15) is 9.84 Å². The van der Waals surface area contributed by atoms with Crippen molar-refractivity contribution in [1.82, 2.24) is 0 Å². The molecule has 0 aromatic rings. The largest absolute Gasteiger partial charge is 0.260 e. The average molecular weight is 479 g/mol. The molecule has 0 aromatic heterocycles. The Bertz CT molecular complexity index is 489. The van der Waals surface area contributed by atoms with Gasteiger partial charge in [-0.2, -0.15) is 0 Å². The van der Waals surface area contributed by atoms with Crippen LogP contribution in [0.2, 0.25) is 0 Å². The van der Waals surface area contributed by atoms with E-state index in [1.54, 1.807) is 0 Å². The second kappa shape index (κ2) is 23.3. The summed E-state index contributed by atoms with van der Waals surface area (Å²) in [6.07, 6.45) is 23.4. The summed E-state index contributed by atoms with van der Waals surface area (Å²) in [5.74, 6) is 2.55. The SMILES string of the molecule is CCCCCCCCS(=O)CCCCCCCCCCS(=O)(=O)CCCCCCCC. The Labute approximate surface area is 198 Å². The fourth-order valence-electron chi connectivity index (χ4n) is 4.00. The topological polar surface area (TPSA) is 51.2 Å². The summed E-state index contributed by atoms with van der Waals surface area (Å²) in [7, 11) is -3.44. The van der Waals surface area contributed by atoms with E-state index in [1.807, 2.05) is 0 Å². The molecule has 0 bridgehead atoms. The standard InChI is InChI=1S/C26H54O3S2/c1-3-5-7-9-15-19-23-30(27)24-20-16-13-11-12-14-18-22-26-31(28,29)25-21-17-10-8-6-4-2/h3-26H2,1-2H3. The van der Waals surface area contributed by atoms with Crippen molar-refractivity contribution in [2.45, 2.75) is 142 Å². The van der Waals surface area contributed by atoms with Gasteiger partial charge in [-0.15, -0.1) is 0 Å². The first-order valence-electron chi connectivity index (χ1n) is 13.6. The molecule has 0 fully saturated rings. The number of unbranched alkanes of at least 4 members (excludes halogenated alkanes) is 17. The van der Waals surface area contributed by atoms with E-state index < -0.39 is 20.6 Å². The van der Waals surface area contributed by atoms with Gasteiger partial charge in [0.15, 0.2) is 0 Å². The zero-order valence-corrected chi connectivity index (χ0v) is 22.6. The summed E-state index contributed by atoms with van der Waals surface area (Å²) in [4.78, 5) is 0. The van der Waals surface area contributed by atoms with Gasteiger partial charge in [0.05, 0.1) is 11.5 Å². The van der Waals surface area contributed by atoms with Crippen LogP contribution in [0.15, 0.2) is 0 Å². The van der Waals surface area contributed by atoms with Crippen molar-refractivity contribution < 1.29 is 12.6 Å². The molecule has 0 N–H and O–H groups in total. The maximum absolute atomic E-state index is 12.1. The molecule has 0 spiro atoms. The Hall–Kier alpha value is 0.1000. The number of hydrogen-bond acceptors (Lipinski definition) is 3. The molecule has 0 aliphatic rings. The summed E-state index contributed by atoms with van der Waals surface area (Å²) in [5, 5.41) is 0. The van der Waals surface area contributed by atoms with Crippen LogP contribution in [0.3, 0.4) is 0 Å². The average Bonchev–Trinajstić information content (AvgIpc) is 2.74. The number of rotatable bonds is 25. The van der Waals surface area contributed by atoms with Crippen molar-refractivity contribution in [1.29, 1.82) is 0 Å². The Morgan fingerprint density at radius 1 is 0.452 bits per heavy atom. The summed E-state index contributed by atoms with van der Waals surface area (Å²) in [5.41, 5.74) is 0. The predicted octanol–water partition coefficient (Wildman–Crippen LogP) is 7.99. The smallest absolute Gasteiger partial charge is 0.150 e. The minimum Gasteiger partial charge on any atom is -0.260 e. The highest BCUT2D eigenvalue weighted by Crippen LogP contribution is 2.12. The highest BCUT2D eigenvalue weighted by atomic mass is 32.2. The van der Waals surface area contributed by atoms with Crippen LogP contribution in [-0.2, 0) is 20.6 Å². The Morgan fingerprint density at radius 3 is 1.10 bits per heavy atom. The molecule has 1 unspecified atom stereocenters. The van der Waals surface area contributed by atoms with Gasteiger partial charge in [-0.1, -0.05) is 117 Å². The summed E-state index contributed by atoms with van der Waals surface area (Å²) in [6.45, 7) is 4.44. The van der Waals surface area contributed by atoms with Crippen LogP contribution in [-0.4, -0.2) is 35.6 Å². The van der Waals surface area contributed by atoms with Gasteiger partial charge in [-0.3, -0.25) is 4.21 Å². The third-order valence-corrected chi connectivity index (χ3v) is 9.42. The molecule has 0 heterocycles. The zero-order chi connectivity index (χ0) is 23.0. The van der Waals surface area contributed by atoms with E-state index in [1.165, 1.54) is 83.5 Å². The van der Waals surface area contributed by atoms with E-state index >= 15 is 0 Å². The molecule has 188 valence electrons. The van der Waals surface area contributed by atoms with Crippen molar-refractivity contribution in [2.24, 2.45) is 0 Å². The van der Waals surface area contributed by atoms with Crippen molar-refractivity contribution >= 4 is 20.6 Å². The minimum absolute atomic E-state index is 0.381. The molecule has 0 saturated heterocycles. The van der Waals surface area contributed by atoms with Crippen molar-refractivity contribution in [2.75, 3.05) is 23.0 Å². The van der Waals surface area contributed by atoms with Gasteiger partial charge >= 0.3 is 0 Å². The highest BCUT2D eigenvalue weighted by Gasteiger charge is 2.09. The summed E-state index contributed by atoms with van der Waals surface area (Å²) in [6, 6.07) is 0. The predicted molar refractivity (Wildman–Crippen MR) is 140 cm³/mol. The van der Waals surface area contributed by atoms with Gasteiger partial charge in [0.25, 0.3) is 0 Å². The maximum Gasteiger partial charge on any atom is 0.150 e. The lowest BCUT2D eigenvalue weighted by Crippen LogP contribution is -2.11. The lowest BCUT2D eigenvalue weighted by molar-refractivity contribution is 0.567. The van der Waals surface area contributed by atoms with Gasteiger partial charge in [-0.05, 0) is 25.7 Å². The quantitative estimate of drug-likeness (QED) is 0.125. The maximum atomic E-state index is 12.1. The Morgan fingerprint density at radius 2 is 0.742 bits per heavy atom. The Kier molecular flexibility index (Phi) is 23.3. The number of hydrogen-bond donors (Lipinski definition) is 0. The monoisotopic (exact) mass is 478 g/mol. The zero-order valence-electron chi connectivity index (χ0n) is 21.0. The normalized spacial score (nSPS) is 13.0. The van der Waals surface area contributed by atoms with Crippen LogP contribution in [0.5, 0.6) is 0 Å². The molecular formula is C26H54O3S2. The lowest BCUT2D eigenvalue weighted by atomic mass is 10.1. The van der Waals surface area contributed by atoms with Crippen molar-refractivity contribution in [3.8, 4) is 0 Å². The molecule has 0 saturated carbocycles. The summed E-state index contributed by atoms with van der Waals surface area (Å²) >= 11 is 0. The molecule has 0 aliphatic carbocycles. The fourth-order valence-corrected chi connectivity index (χ4v) is 6.74. The molecule has 0 radical (unpaired) electrons. The lowest BCUT2D eigenvalue weighted by Gasteiger charge is -2.05. The highest BCUT2D eigenvalue weighted by molar-refractivity contribution is 7.91. The van der Waals surface area contributed by atoms with Gasteiger partial charge in [-0.25, -0.2) is 8.42 Å². The molecule has 5 heteroatoms. The van der Waals surface area contributed by atoms with Gasteiger partial charge in [0, 0.05) is 22.3 Å². The van der Waals surface area contributed by atoms with Crippen LogP contribution in [0, 0.1) is 0 Å². The van der Waals surface area contributed by atoms with Crippen LogP contribution < -0.4 is 0 Å². The van der Waals surface area contributed by atoms with Crippen molar-refractivity contribution in [3.05, 3.63) is 0 Å². The minimum atomic E-state index is -2.83. The van der Waals surface area contributed by atoms with E-state index in [4.69, 9.17) is 0 Å². The van der Waals surface area contributed by atoms with Crippen LogP contribution >= 0.6 is 0 Å². The van der Waals surface area contributed by atoms with E-state index in [0.29, 0.717) is 11.5 Å². The molecule has 0 rings (SSSR count). The molecule has 0 aromatic carbocycles. The van der Waals surface area contributed by atoms with Gasteiger partial charge in [0.2, 0.25) is 0 Å². The van der Waals surface area contributed by atoms with Crippen LogP contribution in [0.25, 0.3) is 0 Å². The molecule has 0 aliphatic heterocycles. The second-order valence-electron chi connectivity index (χ2n) is 9.36. The van der Waals surface area contributed by atoms with E-state index in [9.17, 15) is 12.6 Å². The fraction of sp³-hybridized carbons (Fsp3) is 1.00. The molecule has 3 nitrogen and oxygen atoms in total. The summed E-state index contributed by atoms with van der Waals surface area (Å²) < 4.78 is 36.2. The molecule has 0 amide bonds. The van der Waals surface area contributed by atoms with E-state index in [0.717, 1.165) is 56.5 Å². The molecular weight excluding hydrogens is 424 g/mol. The molecule has 1 atom stereocenters. The third kappa shape index (κ3) is 24.6. The van der Waals surface area contributed by atoms with E-state index in [2.05, 4.69) is 13.8 Å². The first-order chi connectivity index (χ1) is 15.0. The van der Waals surface area contributed by atoms with Crippen molar-refractivity contribution in [3.63, 3.8) is 0 Å². The third-order valence-electron chi connectivity index (χ3n) is 6.11. The van der Waals surface area contributed by atoms with Crippen LogP contribution in [0.1, 0.15) is 142 Å². The van der Waals surface area contributed by atoms with E-state index in [-0.39, 0.29) is 0 Å². The first kappa shape index (κ1) is 31.1. The second-order valence-corrected chi connectivity index (χ2v) is 13.4. The number of sulfone groups is 1. The van der Waals surface area contributed by atoms with Crippen LogP contribution in [0.4, 0.5) is 0 Å². The first-order valence-corrected chi connectivity index (χ1v) is 16.9.